The zero-order valence-electron chi connectivity index (χ0n) is 5.96. The Morgan fingerprint density at radius 1 is 1.42 bits per heavy atom. The summed E-state index contributed by atoms with van der Waals surface area (Å²) in [6.07, 6.45) is 1.76. The van der Waals surface area contributed by atoms with Gasteiger partial charge in [-0.1, -0.05) is 23.2 Å². The van der Waals surface area contributed by atoms with Crippen LogP contribution in [0.15, 0.2) is 18.3 Å². The summed E-state index contributed by atoms with van der Waals surface area (Å²) in [6, 6.07) is 3.52. The van der Waals surface area contributed by atoms with Crippen molar-refractivity contribution in [2.24, 2.45) is 0 Å². The van der Waals surface area contributed by atoms with Gasteiger partial charge in [-0.05, 0) is 12.1 Å². The second-order valence-corrected chi connectivity index (χ2v) is 3.10. The van der Waals surface area contributed by atoms with Crippen molar-refractivity contribution in [3.05, 3.63) is 28.5 Å². The Kier molecular flexibility index (Phi) is 1.63. The number of halogens is 2. The van der Waals surface area contributed by atoms with Crippen molar-refractivity contribution in [2.75, 3.05) is 5.73 Å². The van der Waals surface area contributed by atoms with Crippen LogP contribution in [0, 0.1) is 0 Å². The zero-order valence-corrected chi connectivity index (χ0v) is 7.47. The number of pyridine rings is 1. The first-order chi connectivity index (χ1) is 5.70. The van der Waals surface area contributed by atoms with E-state index in [0.29, 0.717) is 21.6 Å². The molecule has 0 unspecified atom stereocenters. The standard InChI is InChI=1S/C7H5Cl2N3/c8-4-2-1-3-12-5(4)6(9)11-7(12)10/h1-3H,(H2,10,11). The van der Waals surface area contributed by atoms with Gasteiger partial charge >= 0.3 is 0 Å². The van der Waals surface area contributed by atoms with E-state index in [1.807, 2.05) is 0 Å². The third-order valence-electron chi connectivity index (χ3n) is 1.60. The van der Waals surface area contributed by atoms with Crippen molar-refractivity contribution in [1.82, 2.24) is 9.38 Å². The summed E-state index contributed by atoms with van der Waals surface area (Å²) in [5.41, 5.74) is 6.21. The Labute approximate surface area is 78.7 Å². The third kappa shape index (κ3) is 0.940. The number of aromatic nitrogens is 2. The number of nitrogens with zero attached hydrogens (tertiary/aromatic N) is 2. The van der Waals surface area contributed by atoms with Crippen LogP contribution < -0.4 is 5.73 Å². The van der Waals surface area contributed by atoms with Crippen LogP contribution >= 0.6 is 23.2 Å². The maximum Gasteiger partial charge on any atom is 0.206 e. The smallest absolute Gasteiger partial charge is 0.206 e. The molecule has 0 saturated carbocycles. The van der Waals surface area contributed by atoms with E-state index < -0.39 is 0 Å². The molecule has 0 aliphatic rings. The minimum Gasteiger partial charge on any atom is -0.369 e. The molecule has 2 aromatic heterocycles. The van der Waals surface area contributed by atoms with Crippen molar-refractivity contribution >= 4 is 34.7 Å². The van der Waals surface area contributed by atoms with Crippen LogP contribution in [0.25, 0.3) is 5.52 Å². The minimum absolute atomic E-state index is 0.332. The molecule has 0 spiro atoms. The van der Waals surface area contributed by atoms with Crippen LogP contribution in [0.3, 0.4) is 0 Å². The molecule has 0 amide bonds. The van der Waals surface area contributed by atoms with Crippen LogP contribution in [0.1, 0.15) is 0 Å². The van der Waals surface area contributed by atoms with E-state index in [-0.39, 0.29) is 0 Å². The number of hydrogen-bond donors (Lipinski definition) is 1. The Balaban J connectivity index is 2.99. The molecule has 0 fully saturated rings. The van der Waals surface area contributed by atoms with Gasteiger partial charge in [0.2, 0.25) is 5.95 Å². The molecule has 3 nitrogen and oxygen atoms in total. The van der Waals surface area contributed by atoms with E-state index in [1.54, 1.807) is 22.7 Å². The number of rotatable bonds is 0. The van der Waals surface area contributed by atoms with E-state index in [2.05, 4.69) is 4.98 Å². The topological polar surface area (TPSA) is 43.3 Å². The van der Waals surface area contributed by atoms with E-state index in [9.17, 15) is 0 Å². The molecular formula is C7H5Cl2N3. The largest absolute Gasteiger partial charge is 0.369 e. The molecular weight excluding hydrogens is 197 g/mol. The lowest BCUT2D eigenvalue weighted by Gasteiger charge is -1.96. The Morgan fingerprint density at radius 3 is 2.83 bits per heavy atom. The summed E-state index contributed by atoms with van der Waals surface area (Å²) >= 11 is 11.7. The lowest BCUT2D eigenvalue weighted by Crippen LogP contribution is -1.92. The van der Waals surface area contributed by atoms with E-state index in [4.69, 9.17) is 28.9 Å². The van der Waals surface area contributed by atoms with Gasteiger partial charge in [0.25, 0.3) is 0 Å². The van der Waals surface area contributed by atoms with Gasteiger partial charge in [0, 0.05) is 6.20 Å². The second-order valence-electron chi connectivity index (χ2n) is 2.34. The molecule has 12 heavy (non-hydrogen) atoms. The molecule has 2 heterocycles. The number of imidazole rings is 1. The van der Waals surface area contributed by atoms with Gasteiger partial charge in [0.15, 0.2) is 5.15 Å². The van der Waals surface area contributed by atoms with Gasteiger partial charge < -0.3 is 5.73 Å². The predicted octanol–water partition coefficient (Wildman–Crippen LogP) is 2.22. The molecule has 0 atom stereocenters. The molecule has 5 heteroatoms. The van der Waals surface area contributed by atoms with Gasteiger partial charge in [-0.25, -0.2) is 4.98 Å². The molecule has 62 valence electrons. The molecule has 0 radical (unpaired) electrons. The fraction of sp³-hybridized carbons (Fsp3) is 0. The maximum atomic E-state index is 5.87. The summed E-state index contributed by atoms with van der Waals surface area (Å²) in [4.78, 5) is 3.87. The summed E-state index contributed by atoms with van der Waals surface area (Å²) < 4.78 is 1.64. The van der Waals surface area contributed by atoms with Crippen molar-refractivity contribution in [2.45, 2.75) is 0 Å². The molecule has 2 N–H and O–H groups in total. The average molecular weight is 202 g/mol. The van der Waals surface area contributed by atoms with Gasteiger partial charge in [-0.2, -0.15) is 0 Å². The first kappa shape index (κ1) is 7.71. The van der Waals surface area contributed by atoms with Gasteiger partial charge in [-0.3, -0.25) is 4.40 Å². The van der Waals surface area contributed by atoms with Crippen molar-refractivity contribution in [1.29, 1.82) is 0 Å². The molecule has 0 saturated heterocycles. The predicted molar refractivity (Wildman–Crippen MR) is 49.6 cm³/mol. The molecule has 2 rings (SSSR count). The first-order valence-electron chi connectivity index (χ1n) is 3.27. The maximum absolute atomic E-state index is 5.87. The number of nitrogen functional groups attached to an aromatic ring is 1. The van der Waals surface area contributed by atoms with Crippen LogP contribution in [-0.4, -0.2) is 9.38 Å². The highest BCUT2D eigenvalue weighted by Crippen LogP contribution is 2.26. The second kappa shape index (κ2) is 2.54. The summed E-state index contributed by atoms with van der Waals surface area (Å²) in [6.45, 7) is 0. The van der Waals surface area contributed by atoms with Crippen LogP contribution in [0.2, 0.25) is 10.2 Å². The number of fused-ring (bicyclic) bond motifs is 1. The van der Waals surface area contributed by atoms with Crippen molar-refractivity contribution in [3.8, 4) is 0 Å². The first-order valence-corrected chi connectivity index (χ1v) is 4.03. The summed E-state index contributed by atoms with van der Waals surface area (Å²) in [5.74, 6) is 0.345. The van der Waals surface area contributed by atoms with Gasteiger partial charge in [0.1, 0.15) is 5.52 Å². The van der Waals surface area contributed by atoms with Gasteiger partial charge in [0.05, 0.1) is 5.02 Å². The number of hydrogen-bond acceptors (Lipinski definition) is 2. The quantitative estimate of drug-likeness (QED) is 0.711. The Bertz CT molecular complexity index is 435. The van der Waals surface area contributed by atoms with Gasteiger partial charge in [-0.15, -0.1) is 0 Å². The van der Waals surface area contributed by atoms with E-state index >= 15 is 0 Å². The molecule has 0 bridgehead atoms. The number of nitrogens with two attached hydrogens (primary N) is 1. The van der Waals surface area contributed by atoms with E-state index in [1.165, 1.54) is 0 Å². The highest BCUT2D eigenvalue weighted by molar-refractivity contribution is 6.39. The Morgan fingerprint density at radius 2 is 2.17 bits per heavy atom. The molecule has 0 aromatic carbocycles. The van der Waals surface area contributed by atoms with Crippen LogP contribution in [0.5, 0.6) is 0 Å². The summed E-state index contributed by atoms with van der Waals surface area (Å²) in [7, 11) is 0. The monoisotopic (exact) mass is 201 g/mol. The third-order valence-corrected chi connectivity index (χ3v) is 2.17. The van der Waals surface area contributed by atoms with Crippen LogP contribution in [-0.2, 0) is 0 Å². The van der Waals surface area contributed by atoms with E-state index in [0.717, 1.165) is 0 Å². The Hall–Kier alpha value is -0.930. The SMILES string of the molecule is Nc1nc(Cl)c2c(Cl)cccn12. The summed E-state index contributed by atoms with van der Waals surface area (Å²) in [5, 5.41) is 0.879. The minimum atomic E-state index is 0.332. The lowest BCUT2D eigenvalue weighted by molar-refractivity contribution is 1.17. The fourth-order valence-electron chi connectivity index (χ4n) is 1.08. The average Bonchev–Trinajstić information content (AvgIpc) is 2.29. The van der Waals surface area contributed by atoms with Crippen molar-refractivity contribution in [3.63, 3.8) is 0 Å². The number of anilines is 1. The van der Waals surface area contributed by atoms with Crippen molar-refractivity contribution < 1.29 is 0 Å². The normalized spacial score (nSPS) is 10.8. The highest BCUT2D eigenvalue weighted by Gasteiger charge is 2.08. The van der Waals surface area contributed by atoms with Crippen LogP contribution in [0.4, 0.5) is 5.95 Å². The molecule has 2 aromatic rings. The highest BCUT2D eigenvalue weighted by atomic mass is 35.5. The fourth-order valence-corrected chi connectivity index (χ4v) is 1.66. The zero-order chi connectivity index (χ0) is 8.72. The molecule has 0 aliphatic heterocycles. The lowest BCUT2D eigenvalue weighted by atomic mass is 10.4. The molecule has 0 aliphatic carbocycles.